The number of nitrogens with zero attached hydrogens (tertiary/aromatic N) is 2. The van der Waals surface area contributed by atoms with Gasteiger partial charge in [-0.1, -0.05) is 72.4 Å². The van der Waals surface area contributed by atoms with Gasteiger partial charge in [-0.3, -0.25) is 14.5 Å². The number of benzene rings is 3. The Morgan fingerprint density at radius 2 is 1.79 bits per heavy atom. The Kier molecular flexibility index (Phi) is 5.66. The summed E-state index contributed by atoms with van der Waals surface area (Å²) in [7, 11) is 0. The van der Waals surface area contributed by atoms with Crippen LogP contribution in [0.3, 0.4) is 0 Å². The lowest BCUT2D eigenvalue weighted by molar-refractivity contribution is -0.124. The summed E-state index contributed by atoms with van der Waals surface area (Å²) in [4.78, 5) is 30.1. The van der Waals surface area contributed by atoms with Crippen LogP contribution in [0, 0.1) is 5.82 Å². The number of halogens is 1. The molecule has 0 spiro atoms. The molecular weight excluding hydrogens is 439 g/mol. The third-order valence-electron chi connectivity index (χ3n) is 5.34. The second kappa shape index (κ2) is 8.91. The van der Waals surface area contributed by atoms with E-state index in [4.69, 9.17) is 0 Å². The first kappa shape index (κ1) is 21.0. The Bertz CT molecular complexity index is 1370. The van der Waals surface area contributed by atoms with Crippen molar-refractivity contribution in [1.29, 1.82) is 0 Å². The molecule has 1 aromatic heterocycles. The Labute approximate surface area is 193 Å². The highest BCUT2D eigenvalue weighted by molar-refractivity contribution is 8.15. The second-order valence-electron chi connectivity index (χ2n) is 7.52. The molecule has 0 saturated carbocycles. The van der Waals surface area contributed by atoms with E-state index in [1.807, 2.05) is 60.7 Å². The van der Waals surface area contributed by atoms with Crippen molar-refractivity contribution in [3.8, 4) is 11.1 Å². The molecule has 0 atom stereocenters. The van der Waals surface area contributed by atoms with Crippen molar-refractivity contribution in [1.82, 2.24) is 15.3 Å². The van der Waals surface area contributed by atoms with Gasteiger partial charge in [-0.05, 0) is 29.3 Å². The van der Waals surface area contributed by atoms with Crippen molar-refractivity contribution < 1.29 is 14.0 Å². The van der Waals surface area contributed by atoms with Crippen LogP contribution in [-0.2, 0) is 11.3 Å². The Morgan fingerprint density at radius 1 is 1.06 bits per heavy atom. The number of aromatic nitrogens is 1. The van der Waals surface area contributed by atoms with Crippen LogP contribution in [0.15, 0.2) is 84.0 Å². The average Bonchev–Trinajstić information content (AvgIpc) is 3.39. The normalized spacial score (nSPS) is 14.9. The lowest BCUT2D eigenvalue weighted by Gasteiger charge is -2.15. The predicted molar refractivity (Wildman–Crippen MR) is 128 cm³/mol. The van der Waals surface area contributed by atoms with Crippen LogP contribution < -0.4 is 5.43 Å². The summed E-state index contributed by atoms with van der Waals surface area (Å²) in [5.74, 6) is -0.661. The third kappa shape index (κ3) is 4.25. The molecule has 1 fully saturated rings. The molecular formula is C25H19FN4O2S. The lowest BCUT2D eigenvalue weighted by atomic mass is 10.0. The zero-order chi connectivity index (χ0) is 22.8. The first-order valence-electron chi connectivity index (χ1n) is 10.3. The van der Waals surface area contributed by atoms with Crippen molar-refractivity contribution in [2.24, 2.45) is 5.10 Å². The van der Waals surface area contributed by atoms with Crippen molar-refractivity contribution in [3.63, 3.8) is 0 Å². The summed E-state index contributed by atoms with van der Waals surface area (Å²) < 4.78 is 14.0. The number of fused-ring (bicyclic) bond motifs is 1. The number of hydrogen-bond acceptors (Lipinski definition) is 4. The lowest BCUT2D eigenvalue weighted by Crippen LogP contribution is -2.31. The molecule has 4 aromatic rings. The molecule has 8 heteroatoms. The highest BCUT2D eigenvalue weighted by Crippen LogP contribution is 2.33. The summed E-state index contributed by atoms with van der Waals surface area (Å²) in [5, 5.41) is 5.28. The SMILES string of the molecule is O=C(N/N=C1\SCC(=O)N1Cc1ccccc1)c1[nH]c2ccc(F)cc2c1-c1ccccc1. The van der Waals surface area contributed by atoms with Gasteiger partial charge in [0.05, 0.1) is 12.3 Å². The van der Waals surface area contributed by atoms with Gasteiger partial charge in [0.15, 0.2) is 5.17 Å². The topological polar surface area (TPSA) is 77.6 Å². The largest absolute Gasteiger partial charge is 0.350 e. The third-order valence-corrected chi connectivity index (χ3v) is 6.30. The summed E-state index contributed by atoms with van der Waals surface area (Å²) in [6.07, 6.45) is 0. The van der Waals surface area contributed by atoms with Gasteiger partial charge in [0, 0.05) is 16.5 Å². The molecule has 164 valence electrons. The maximum atomic E-state index is 14.0. The summed E-state index contributed by atoms with van der Waals surface area (Å²) in [6, 6.07) is 23.3. The van der Waals surface area contributed by atoms with Crippen LogP contribution in [-0.4, -0.2) is 32.6 Å². The number of hydrogen-bond donors (Lipinski definition) is 2. The van der Waals surface area contributed by atoms with Gasteiger partial charge in [0.2, 0.25) is 5.91 Å². The summed E-state index contributed by atoms with van der Waals surface area (Å²) in [5.41, 5.74) is 5.83. The smallest absolute Gasteiger partial charge is 0.288 e. The van der Waals surface area contributed by atoms with E-state index >= 15 is 0 Å². The molecule has 2 heterocycles. The van der Waals surface area contributed by atoms with Gasteiger partial charge < -0.3 is 4.98 Å². The van der Waals surface area contributed by atoms with Gasteiger partial charge in [0.1, 0.15) is 11.5 Å². The minimum Gasteiger partial charge on any atom is -0.350 e. The molecule has 3 aromatic carbocycles. The fraction of sp³-hybridized carbons (Fsp3) is 0.0800. The fourth-order valence-electron chi connectivity index (χ4n) is 3.80. The van der Waals surface area contributed by atoms with E-state index in [9.17, 15) is 14.0 Å². The Balaban J connectivity index is 1.46. The van der Waals surface area contributed by atoms with Crippen molar-refractivity contribution in [3.05, 3.63) is 95.9 Å². The summed E-state index contributed by atoms with van der Waals surface area (Å²) >= 11 is 1.27. The molecule has 33 heavy (non-hydrogen) atoms. The molecule has 0 bridgehead atoms. The quantitative estimate of drug-likeness (QED) is 0.424. The number of rotatable bonds is 5. The van der Waals surface area contributed by atoms with Crippen LogP contribution in [0.25, 0.3) is 22.0 Å². The van der Waals surface area contributed by atoms with Crippen LogP contribution in [0.5, 0.6) is 0 Å². The zero-order valence-electron chi connectivity index (χ0n) is 17.4. The number of thioether (sulfide) groups is 1. The van der Waals surface area contributed by atoms with E-state index in [2.05, 4.69) is 15.5 Å². The molecule has 5 rings (SSSR count). The molecule has 0 unspecified atom stereocenters. The maximum absolute atomic E-state index is 14.0. The number of aromatic amines is 1. The highest BCUT2D eigenvalue weighted by Gasteiger charge is 2.29. The minimum absolute atomic E-state index is 0.0667. The van der Waals surface area contributed by atoms with Crippen LogP contribution in [0.4, 0.5) is 4.39 Å². The van der Waals surface area contributed by atoms with Gasteiger partial charge >= 0.3 is 0 Å². The predicted octanol–water partition coefficient (Wildman–Crippen LogP) is 4.75. The second-order valence-corrected chi connectivity index (χ2v) is 8.46. The molecule has 1 aliphatic heterocycles. The number of amidine groups is 1. The van der Waals surface area contributed by atoms with E-state index in [1.165, 1.54) is 23.9 Å². The molecule has 0 aliphatic carbocycles. The summed E-state index contributed by atoms with van der Waals surface area (Å²) in [6.45, 7) is 0.377. The Hall–Kier alpha value is -3.91. The highest BCUT2D eigenvalue weighted by atomic mass is 32.2. The van der Waals surface area contributed by atoms with E-state index in [0.29, 0.717) is 28.2 Å². The van der Waals surface area contributed by atoms with E-state index in [-0.39, 0.29) is 23.2 Å². The van der Waals surface area contributed by atoms with Gasteiger partial charge in [-0.2, -0.15) is 0 Å². The van der Waals surface area contributed by atoms with Gasteiger partial charge in [-0.15, -0.1) is 5.10 Å². The van der Waals surface area contributed by atoms with E-state index in [0.717, 1.165) is 11.1 Å². The molecule has 0 radical (unpaired) electrons. The van der Waals surface area contributed by atoms with Gasteiger partial charge in [0.25, 0.3) is 5.91 Å². The maximum Gasteiger partial charge on any atom is 0.288 e. The average molecular weight is 459 g/mol. The fourth-order valence-corrected chi connectivity index (χ4v) is 4.64. The zero-order valence-corrected chi connectivity index (χ0v) is 18.2. The molecule has 2 N–H and O–H groups in total. The number of amides is 2. The first-order chi connectivity index (χ1) is 16.1. The number of carbonyl (C=O) groups is 2. The van der Waals surface area contributed by atoms with Crippen molar-refractivity contribution >= 4 is 39.6 Å². The van der Waals surface area contributed by atoms with E-state index in [1.54, 1.807) is 11.0 Å². The van der Waals surface area contributed by atoms with Crippen LogP contribution >= 0.6 is 11.8 Å². The number of carbonyl (C=O) groups excluding carboxylic acids is 2. The minimum atomic E-state index is -0.474. The van der Waals surface area contributed by atoms with Crippen LogP contribution in [0.2, 0.25) is 0 Å². The van der Waals surface area contributed by atoms with Crippen molar-refractivity contribution in [2.75, 3.05) is 5.75 Å². The number of H-pyrrole nitrogens is 1. The van der Waals surface area contributed by atoms with Crippen LogP contribution in [0.1, 0.15) is 16.1 Å². The Morgan fingerprint density at radius 3 is 2.55 bits per heavy atom. The van der Waals surface area contributed by atoms with Gasteiger partial charge in [-0.25, -0.2) is 9.82 Å². The first-order valence-corrected chi connectivity index (χ1v) is 11.3. The van der Waals surface area contributed by atoms with Crippen molar-refractivity contribution in [2.45, 2.75) is 6.54 Å². The standard InChI is InChI=1S/C25H19FN4O2S/c26-18-11-12-20-19(13-18)22(17-9-5-2-6-10-17)23(27-20)24(32)28-29-25-30(21(31)15-33-25)14-16-7-3-1-4-8-16/h1-13,27H,14-15H2,(H,28,32)/b29-25-. The van der Waals surface area contributed by atoms with E-state index < -0.39 is 5.91 Å². The molecule has 1 saturated heterocycles. The molecule has 6 nitrogen and oxygen atoms in total. The number of nitrogens with one attached hydrogen (secondary N) is 2. The monoisotopic (exact) mass is 458 g/mol. The molecule has 2 amide bonds. The number of hydrazone groups is 1. The molecule has 1 aliphatic rings.